The molecule has 0 saturated carbocycles. The van der Waals surface area contributed by atoms with Gasteiger partial charge in [0.15, 0.2) is 0 Å². The molecule has 0 bridgehead atoms. The normalized spacial score (nSPS) is 23.4. The lowest BCUT2D eigenvalue weighted by Gasteiger charge is -2.37. The largest absolute Gasteiger partial charge is 0.307 e. The number of nitrogens with zero attached hydrogens (tertiary/aromatic N) is 3. The summed E-state index contributed by atoms with van der Waals surface area (Å²) >= 11 is 0. The van der Waals surface area contributed by atoms with Crippen molar-refractivity contribution in [3.63, 3.8) is 0 Å². The first-order valence-electron chi connectivity index (χ1n) is 11.0. The minimum Gasteiger partial charge on any atom is -0.307 e. The second-order valence-corrected chi connectivity index (χ2v) is 11.0. The number of piperidine rings is 1. The Bertz CT molecular complexity index is 1380. The molecule has 3 heterocycles. The van der Waals surface area contributed by atoms with Gasteiger partial charge in [-0.15, -0.1) is 0 Å². The van der Waals surface area contributed by atoms with Crippen LogP contribution in [0.3, 0.4) is 0 Å². The SMILES string of the molecule is Cc1ccc2c(c1)[C@H]1CN(C)CC[C@H]1N2C(=O)CN1c2cccc3cccc(c23)S1(=O)=O. The number of carbonyl (C=O) groups is 1. The number of rotatable bonds is 2. The van der Waals surface area contributed by atoms with Gasteiger partial charge in [-0.3, -0.25) is 9.10 Å². The molecule has 164 valence electrons. The zero-order valence-corrected chi connectivity index (χ0v) is 19.0. The molecule has 1 saturated heterocycles. The van der Waals surface area contributed by atoms with Crippen LogP contribution >= 0.6 is 0 Å². The van der Waals surface area contributed by atoms with Crippen molar-refractivity contribution in [1.82, 2.24) is 4.90 Å². The molecule has 6 rings (SSSR count). The summed E-state index contributed by atoms with van der Waals surface area (Å²) in [6.07, 6.45) is 0.878. The second kappa shape index (κ2) is 6.80. The van der Waals surface area contributed by atoms with Gasteiger partial charge >= 0.3 is 0 Å². The van der Waals surface area contributed by atoms with E-state index in [0.717, 1.165) is 30.6 Å². The minimum absolute atomic E-state index is 0.0685. The van der Waals surface area contributed by atoms with Crippen molar-refractivity contribution in [2.75, 3.05) is 35.9 Å². The Labute approximate surface area is 188 Å². The topological polar surface area (TPSA) is 60.9 Å². The molecule has 1 fully saturated rings. The highest BCUT2D eigenvalue weighted by molar-refractivity contribution is 7.93. The molecular weight excluding hydrogens is 422 g/mol. The third kappa shape index (κ3) is 2.67. The molecule has 3 aromatic carbocycles. The fraction of sp³-hybridized carbons (Fsp3) is 0.320. The summed E-state index contributed by atoms with van der Waals surface area (Å²) in [5.74, 6) is 0.0870. The molecule has 2 atom stereocenters. The number of likely N-dealkylation sites (tertiary alicyclic amines) is 1. The van der Waals surface area contributed by atoms with Crippen molar-refractivity contribution in [3.05, 3.63) is 65.7 Å². The van der Waals surface area contributed by atoms with Crippen LogP contribution in [-0.4, -0.2) is 51.9 Å². The Morgan fingerprint density at radius 3 is 2.66 bits per heavy atom. The van der Waals surface area contributed by atoms with Crippen LogP contribution in [0.25, 0.3) is 10.8 Å². The van der Waals surface area contributed by atoms with Crippen LogP contribution in [0, 0.1) is 6.92 Å². The third-order valence-electron chi connectivity index (χ3n) is 7.18. The number of carbonyl (C=O) groups excluding carboxylic acids is 1. The Morgan fingerprint density at radius 2 is 1.84 bits per heavy atom. The van der Waals surface area contributed by atoms with Crippen LogP contribution < -0.4 is 9.21 Å². The molecule has 0 aromatic heterocycles. The number of likely N-dealkylation sites (N-methyl/N-ethyl adjacent to an activating group) is 1. The summed E-state index contributed by atoms with van der Waals surface area (Å²) in [4.78, 5) is 18.2. The van der Waals surface area contributed by atoms with E-state index in [1.54, 1.807) is 18.2 Å². The van der Waals surface area contributed by atoms with Crippen molar-refractivity contribution in [2.45, 2.75) is 30.2 Å². The van der Waals surface area contributed by atoms with Gasteiger partial charge in [0.1, 0.15) is 6.54 Å². The monoisotopic (exact) mass is 447 g/mol. The lowest BCUT2D eigenvalue weighted by molar-refractivity contribution is -0.117. The van der Waals surface area contributed by atoms with Gasteiger partial charge in [0, 0.05) is 29.6 Å². The van der Waals surface area contributed by atoms with Gasteiger partial charge in [0.05, 0.1) is 10.6 Å². The van der Waals surface area contributed by atoms with Crippen molar-refractivity contribution < 1.29 is 13.2 Å². The van der Waals surface area contributed by atoms with Gasteiger partial charge in [0.25, 0.3) is 10.0 Å². The van der Waals surface area contributed by atoms with Crippen LogP contribution in [-0.2, 0) is 14.8 Å². The van der Waals surface area contributed by atoms with Crippen molar-refractivity contribution in [3.8, 4) is 0 Å². The van der Waals surface area contributed by atoms with Gasteiger partial charge in [-0.1, -0.05) is 42.0 Å². The molecule has 3 aromatic rings. The summed E-state index contributed by atoms with van der Waals surface area (Å²) in [5, 5.41) is 1.58. The van der Waals surface area contributed by atoms with E-state index >= 15 is 0 Å². The summed E-state index contributed by atoms with van der Waals surface area (Å²) in [6, 6.07) is 17.2. The number of anilines is 2. The molecule has 0 aliphatic carbocycles. The van der Waals surface area contributed by atoms with Gasteiger partial charge in [-0.05, 0) is 56.1 Å². The maximum absolute atomic E-state index is 13.7. The quantitative estimate of drug-likeness (QED) is 0.603. The summed E-state index contributed by atoms with van der Waals surface area (Å²) in [7, 11) is -1.65. The van der Waals surface area contributed by atoms with E-state index in [9.17, 15) is 13.2 Å². The molecule has 3 aliphatic rings. The number of hydrogen-bond acceptors (Lipinski definition) is 4. The first kappa shape index (κ1) is 19.8. The van der Waals surface area contributed by atoms with Crippen LogP contribution in [0.5, 0.6) is 0 Å². The summed E-state index contributed by atoms with van der Waals surface area (Å²) in [6.45, 7) is 3.70. The number of fused-ring (bicyclic) bond motifs is 3. The standard InChI is InChI=1S/C25H25N3O3S/c1-16-9-10-20-18(13-16)19-14-26(2)12-11-21(19)28(20)24(29)15-27-22-7-3-5-17-6-4-8-23(25(17)22)32(27,30)31/h3-10,13,19,21H,11-12,14-15H2,1-2H3/t19-,21-/m1/s1. The number of amides is 1. The van der Waals surface area contributed by atoms with E-state index in [-0.39, 0.29) is 29.3 Å². The molecule has 3 aliphatic heterocycles. The maximum Gasteiger partial charge on any atom is 0.265 e. The van der Waals surface area contributed by atoms with Gasteiger partial charge in [-0.2, -0.15) is 0 Å². The molecule has 0 N–H and O–H groups in total. The lowest BCUT2D eigenvalue weighted by Crippen LogP contribution is -2.50. The summed E-state index contributed by atoms with van der Waals surface area (Å²) in [5.41, 5.74) is 3.90. The average molecular weight is 448 g/mol. The first-order chi connectivity index (χ1) is 15.4. The lowest BCUT2D eigenvalue weighted by atomic mass is 9.89. The number of benzene rings is 3. The van der Waals surface area contributed by atoms with E-state index in [1.165, 1.54) is 15.4 Å². The highest BCUT2D eigenvalue weighted by Gasteiger charge is 2.45. The molecule has 1 amide bonds. The third-order valence-corrected chi connectivity index (χ3v) is 8.98. The average Bonchev–Trinajstić information content (AvgIpc) is 3.19. The van der Waals surface area contributed by atoms with Gasteiger partial charge in [-0.25, -0.2) is 8.42 Å². The zero-order chi connectivity index (χ0) is 22.2. The van der Waals surface area contributed by atoms with E-state index in [2.05, 4.69) is 24.9 Å². The number of hydrogen-bond donors (Lipinski definition) is 0. The Kier molecular flexibility index (Phi) is 4.20. The highest BCUT2D eigenvalue weighted by atomic mass is 32.2. The van der Waals surface area contributed by atoms with E-state index in [4.69, 9.17) is 0 Å². The van der Waals surface area contributed by atoms with Crippen LogP contribution in [0.2, 0.25) is 0 Å². The van der Waals surface area contributed by atoms with Crippen molar-refractivity contribution in [2.24, 2.45) is 0 Å². The Hall–Kier alpha value is -2.90. The van der Waals surface area contributed by atoms with E-state index in [0.29, 0.717) is 11.1 Å². The predicted molar refractivity (Wildman–Crippen MR) is 126 cm³/mol. The maximum atomic E-state index is 13.7. The van der Waals surface area contributed by atoms with Crippen molar-refractivity contribution >= 4 is 38.1 Å². The molecule has 7 heteroatoms. The number of aryl methyl sites for hydroxylation is 1. The second-order valence-electron chi connectivity index (χ2n) is 9.19. The fourth-order valence-corrected chi connectivity index (χ4v) is 7.39. The smallest absolute Gasteiger partial charge is 0.265 e. The predicted octanol–water partition coefficient (Wildman–Crippen LogP) is 3.49. The van der Waals surface area contributed by atoms with Gasteiger partial charge < -0.3 is 9.80 Å². The van der Waals surface area contributed by atoms with Crippen LogP contribution in [0.1, 0.15) is 23.5 Å². The van der Waals surface area contributed by atoms with Crippen LogP contribution in [0.15, 0.2) is 59.5 Å². The molecule has 0 radical (unpaired) electrons. The fourth-order valence-electron chi connectivity index (χ4n) is 5.73. The summed E-state index contributed by atoms with van der Waals surface area (Å²) < 4.78 is 28.1. The molecule has 32 heavy (non-hydrogen) atoms. The zero-order valence-electron chi connectivity index (χ0n) is 18.2. The van der Waals surface area contributed by atoms with Gasteiger partial charge in [0.2, 0.25) is 5.91 Å². The van der Waals surface area contributed by atoms with E-state index in [1.807, 2.05) is 35.2 Å². The Balaban J connectivity index is 1.40. The molecule has 0 spiro atoms. The first-order valence-corrected chi connectivity index (χ1v) is 12.5. The molecule has 0 unspecified atom stereocenters. The highest BCUT2D eigenvalue weighted by Crippen LogP contribution is 2.46. The van der Waals surface area contributed by atoms with Crippen molar-refractivity contribution in [1.29, 1.82) is 0 Å². The molecule has 6 nitrogen and oxygen atoms in total. The van der Waals surface area contributed by atoms with E-state index < -0.39 is 10.0 Å². The minimum atomic E-state index is -3.77. The Morgan fingerprint density at radius 1 is 1.06 bits per heavy atom. The number of sulfonamides is 1. The molecular formula is C25H25N3O3S. The van der Waals surface area contributed by atoms with Crippen LogP contribution in [0.4, 0.5) is 11.4 Å².